The van der Waals surface area contributed by atoms with Crippen molar-refractivity contribution in [2.24, 2.45) is 23.5 Å². The van der Waals surface area contributed by atoms with Crippen LogP contribution in [-0.2, 0) is 0 Å². The summed E-state index contributed by atoms with van der Waals surface area (Å²) in [6.45, 7) is 7.65. The molecule has 0 aromatic heterocycles. The lowest BCUT2D eigenvalue weighted by Gasteiger charge is -2.22. The van der Waals surface area contributed by atoms with Crippen LogP contribution in [0.2, 0.25) is 0 Å². The number of hydrogen-bond donors (Lipinski definition) is 2. The van der Waals surface area contributed by atoms with Gasteiger partial charge in [0.2, 0.25) is 0 Å². The molecular weight excluding hydrogens is 250 g/mol. The minimum atomic E-state index is -0.322. The normalized spacial score (nSPS) is 24.5. The summed E-state index contributed by atoms with van der Waals surface area (Å²) < 4.78 is 5.68. The third-order valence-electron chi connectivity index (χ3n) is 4.17. The van der Waals surface area contributed by atoms with Gasteiger partial charge in [0.05, 0.1) is 12.7 Å². The molecule has 0 spiro atoms. The van der Waals surface area contributed by atoms with E-state index in [2.05, 4.69) is 20.8 Å². The van der Waals surface area contributed by atoms with Crippen molar-refractivity contribution in [2.75, 3.05) is 13.2 Å². The highest BCUT2D eigenvalue weighted by Crippen LogP contribution is 2.44. The van der Waals surface area contributed by atoms with Gasteiger partial charge >= 0.3 is 0 Å². The summed E-state index contributed by atoms with van der Waals surface area (Å²) in [4.78, 5) is 0. The number of benzene rings is 1. The van der Waals surface area contributed by atoms with E-state index < -0.39 is 0 Å². The van der Waals surface area contributed by atoms with E-state index in [1.165, 1.54) is 0 Å². The van der Waals surface area contributed by atoms with Crippen molar-refractivity contribution in [3.8, 4) is 5.75 Å². The van der Waals surface area contributed by atoms with Crippen molar-refractivity contribution in [2.45, 2.75) is 39.2 Å². The van der Waals surface area contributed by atoms with Crippen LogP contribution in [-0.4, -0.2) is 24.4 Å². The van der Waals surface area contributed by atoms with Crippen LogP contribution in [0.4, 0.5) is 0 Å². The lowest BCUT2D eigenvalue weighted by Crippen LogP contribution is -2.28. The Bertz CT molecular complexity index is 416. The van der Waals surface area contributed by atoms with Gasteiger partial charge in [0.25, 0.3) is 0 Å². The van der Waals surface area contributed by atoms with Crippen molar-refractivity contribution in [3.05, 3.63) is 29.8 Å². The van der Waals surface area contributed by atoms with Gasteiger partial charge in [0, 0.05) is 12.5 Å². The molecule has 0 aliphatic heterocycles. The van der Waals surface area contributed by atoms with Gasteiger partial charge in [-0.3, -0.25) is 0 Å². The molecular formula is C17H27NO2. The fraction of sp³-hybridized carbons (Fsp3) is 0.647. The maximum Gasteiger partial charge on any atom is 0.119 e. The zero-order valence-electron chi connectivity index (χ0n) is 12.8. The Morgan fingerprint density at radius 2 is 1.90 bits per heavy atom. The Kier molecular flexibility index (Phi) is 5.06. The Balaban J connectivity index is 1.99. The van der Waals surface area contributed by atoms with E-state index in [1.54, 1.807) is 0 Å². The molecule has 1 aromatic carbocycles. The number of aliphatic hydroxyl groups is 1. The standard InChI is InChI=1S/C17H27NO2/c1-11(2)10-20-14-6-4-13(5-7-14)16(9-18)17(19)15-8-12(15)3/h4-7,11-12,15-17,19H,8-10,18H2,1-3H3. The van der Waals surface area contributed by atoms with Crippen molar-refractivity contribution < 1.29 is 9.84 Å². The smallest absolute Gasteiger partial charge is 0.119 e. The molecule has 4 atom stereocenters. The molecule has 1 fully saturated rings. The van der Waals surface area contributed by atoms with Gasteiger partial charge in [-0.15, -0.1) is 0 Å². The van der Waals surface area contributed by atoms with E-state index in [9.17, 15) is 5.11 Å². The van der Waals surface area contributed by atoms with Crippen LogP contribution >= 0.6 is 0 Å². The topological polar surface area (TPSA) is 55.5 Å². The fourth-order valence-corrected chi connectivity index (χ4v) is 2.67. The van der Waals surface area contributed by atoms with Gasteiger partial charge < -0.3 is 15.6 Å². The lowest BCUT2D eigenvalue weighted by molar-refractivity contribution is 0.118. The van der Waals surface area contributed by atoms with Crippen LogP contribution in [0.15, 0.2) is 24.3 Å². The van der Waals surface area contributed by atoms with Gasteiger partial charge in [-0.2, -0.15) is 0 Å². The van der Waals surface area contributed by atoms with Crippen LogP contribution in [0.1, 0.15) is 38.7 Å². The zero-order chi connectivity index (χ0) is 14.7. The highest BCUT2D eigenvalue weighted by Gasteiger charge is 2.42. The van der Waals surface area contributed by atoms with Gasteiger partial charge in [0.15, 0.2) is 0 Å². The zero-order valence-corrected chi connectivity index (χ0v) is 12.8. The highest BCUT2D eigenvalue weighted by atomic mass is 16.5. The van der Waals surface area contributed by atoms with Crippen LogP contribution in [0.3, 0.4) is 0 Å². The molecule has 1 saturated carbocycles. The molecule has 3 N–H and O–H groups in total. The van der Waals surface area contributed by atoms with E-state index >= 15 is 0 Å². The molecule has 4 unspecified atom stereocenters. The molecule has 2 rings (SSSR count). The van der Waals surface area contributed by atoms with Gasteiger partial charge in [-0.1, -0.05) is 32.9 Å². The first kappa shape index (κ1) is 15.3. The van der Waals surface area contributed by atoms with Crippen molar-refractivity contribution in [1.82, 2.24) is 0 Å². The number of ether oxygens (including phenoxy) is 1. The third kappa shape index (κ3) is 3.74. The van der Waals surface area contributed by atoms with E-state index in [4.69, 9.17) is 10.5 Å². The lowest BCUT2D eigenvalue weighted by atomic mass is 9.90. The fourth-order valence-electron chi connectivity index (χ4n) is 2.67. The minimum absolute atomic E-state index is 0.0316. The predicted octanol–water partition coefficient (Wildman–Crippen LogP) is 2.78. The Labute approximate surface area is 122 Å². The molecule has 112 valence electrons. The van der Waals surface area contributed by atoms with Gasteiger partial charge in [0.1, 0.15) is 5.75 Å². The van der Waals surface area contributed by atoms with E-state index in [0.717, 1.165) is 24.3 Å². The van der Waals surface area contributed by atoms with E-state index in [0.29, 0.717) is 24.3 Å². The summed E-state index contributed by atoms with van der Waals surface area (Å²) in [6, 6.07) is 8.01. The maximum atomic E-state index is 10.4. The molecule has 1 aliphatic rings. The maximum absolute atomic E-state index is 10.4. The Hall–Kier alpha value is -1.06. The summed E-state index contributed by atoms with van der Waals surface area (Å²) in [5, 5.41) is 10.4. The number of nitrogens with two attached hydrogens (primary N) is 1. The summed E-state index contributed by atoms with van der Waals surface area (Å²) >= 11 is 0. The molecule has 0 radical (unpaired) electrons. The summed E-state index contributed by atoms with van der Waals surface area (Å²) in [5.41, 5.74) is 6.97. The average Bonchev–Trinajstić information content (AvgIpc) is 3.15. The van der Waals surface area contributed by atoms with E-state index in [1.807, 2.05) is 24.3 Å². The summed E-state index contributed by atoms with van der Waals surface area (Å²) in [5.74, 6) is 2.48. The predicted molar refractivity (Wildman–Crippen MR) is 81.8 cm³/mol. The van der Waals surface area contributed by atoms with E-state index in [-0.39, 0.29) is 12.0 Å². The minimum Gasteiger partial charge on any atom is -0.493 e. The SMILES string of the molecule is CC(C)COc1ccc(C(CN)C(O)C2CC2C)cc1. The molecule has 0 saturated heterocycles. The average molecular weight is 277 g/mol. The van der Waals surface area contributed by atoms with Crippen molar-refractivity contribution in [3.63, 3.8) is 0 Å². The van der Waals surface area contributed by atoms with Gasteiger partial charge in [-0.25, -0.2) is 0 Å². The summed E-state index contributed by atoms with van der Waals surface area (Å²) in [7, 11) is 0. The second-order valence-corrected chi connectivity index (χ2v) is 6.48. The monoisotopic (exact) mass is 277 g/mol. The van der Waals surface area contributed by atoms with Gasteiger partial charge in [-0.05, 0) is 41.9 Å². The summed E-state index contributed by atoms with van der Waals surface area (Å²) in [6.07, 6.45) is 0.796. The first-order valence-corrected chi connectivity index (χ1v) is 7.63. The van der Waals surface area contributed by atoms with Crippen molar-refractivity contribution >= 4 is 0 Å². The first-order chi connectivity index (χ1) is 9.52. The van der Waals surface area contributed by atoms with Crippen LogP contribution in [0, 0.1) is 17.8 Å². The van der Waals surface area contributed by atoms with Crippen molar-refractivity contribution in [1.29, 1.82) is 0 Å². The van der Waals surface area contributed by atoms with Crippen LogP contribution in [0.25, 0.3) is 0 Å². The molecule has 0 bridgehead atoms. The second kappa shape index (κ2) is 6.59. The van der Waals surface area contributed by atoms with Crippen LogP contribution in [0.5, 0.6) is 5.75 Å². The molecule has 1 aliphatic carbocycles. The Morgan fingerprint density at radius 1 is 1.30 bits per heavy atom. The quantitative estimate of drug-likeness (QED) is 0.806. The molecule has 0 amide bonds. The molecule has 0 heterocycles. The molecule has 3 heteroatoms. The third-order valence-corrected chi connectivity index (χ3v) is 4.17. The number of hydrogen-bond acceptors (Lipinski definition) is 3. The number of aliphatic hydroxyl groups excluding tert-OH is 1. The largest absolute Gasteiger partial charge is 0.493 e. The number of rotatable bonds is 7. The Morgan fingerprint density at radius 3 is 2.35 bits per heavy atom. The molecule has 20 heavy (non-hydrogen) atoms. The molecule has 1 aromatic rings. The second-order valence-electron chi connectivity index (χ2n) is 6.48. The van der Waals surface area contributed by atoms with Crippen LogP contribution < -0.4 is 10.5 Å². The molecule has 3 nitrogen and oxygen atoms in total. The first-order valence-electron chi connectivity index (χ1n) is 7.63. The highest BCUT2D eigenvalue weighted by molar-refractivity contribution is 5.30.